The van der Waals surface area contributed by atoms with E-state index >= 15 is 0 Å². The SMILES string of the molecule is O=C(CN(CC1CCCO1)C(=O)Nc1ccc(F)c(Cl)c1)N(Cc1ccc(F)cc1)Cc1ccco1. The van der Waals surface area contributed by atoms with Crippen LogP contribution >= 0.6 is 11.6 Å². The third kappa shape index (κ3) is 7.05. The topological polar surface area (TPSA) is 75.0 Å². The van der Waals surface area contributed by atoms with Crippen LogP contribution in [0.15, 0.2) is 65.3 Å². The van der Waals surface area contributed by atoms with E-state index in [1.165, 1.54) is 40.3 Å². The van der Waals surface area contributed by atoms with Crippen LogP contribution in [0.4, 0.5) is 19.3 Å². The molecule has 3 amide bonds. The first-order valence-electron chi connectivity index (χ1n) is 11.5. The van der Waals surface area contributed by atoms with Crippen molar-refractivity contribution in [2.24, 2.45) is 0 Å². The molecule has 36 heavy (non-hydrogen) atoms. The molecular weight excluding hydrogens is 492 g/mol. The summed E-state index contributed by atoms with van der Waals surface area (Å²) in [6.45, 7) is 0.936. The number of carbonyl (C=O) groups is 2. The fourth-order valence-electron chi connectivity index (χ4n) is 3.93. The van der Waals surface area contributed by atoms with Crippen LogP contribution in [0.3, 0.4) is 0 Å². The zero-order valence-electron chi connectivity index (χ0n) is 19.5. The van der Waals surface area contributed by atoms with Crippen molar-refractivity contribution in [3.05, 3.63) is 88.8 Å². The summed E-state index contributed by atoms with van der Waals surface area (Å²) >= 11 is 5.84. The minimum Gasteiger partial charge on any atom is -0.467 e. The maximum absolute atomic E-state index is 13.5. The second kappa shape index (κ2) is 12.0. The van der Waals surface area contributed by atoms with E-state index in [2.05, 4.69) is 5.32 Å². The Morgan fingerprint density at radius 3 is 2.53 bits per heavy atom. The van der Waals surface area contributed by atoms with E-state index in [9.17, 15) is 18.4 Å². The summed E-state index contributed by atoms with van der Waals surface area (Å²) < 4.78 is 38.0. The van der Waals surface area contributed by atoms with Gasteiger partial charge >= 0.3 is 6.03 Å². The lowest BCUT2D eigenvalue weighted by atomic mass is 10.2. The predicted octanol–water partition coefficient (Wildman–Crippen LogP) is 5.45. The molecule has 1 atom stereocenters. The second-order valence-corrected chi connectivity index (χ2v) is 8.94. The standard InChI is InChI=1S/C26H26ClF2N3O4/c27-23-13-20(9-10-24(23)29)30-26(34)32(16-22-4-2-12-36-22)17-25(33)31(15-21-3-1-11-35-21)14-18-5-7-19(28)8-6-18/h1,3,5-11,13,22H,2,4,12,14-17H2,(H,30,34). The van der Waals surface area contributed by atoms with Crippen molar-refractivity contribution in [3.8, 4) is 0 Å². The van der Waals surface area contributed by atoms with E-state index in [1.54, 1.807) is 24.3 Å². The first-order chi connectivity index (χ1) is 17.4. The lowest BCUT2D eigenvalue weighted by Gasteiger charge is -2.29. The van der Waals surface area contributed by atoms with Gasteiger partial charge in [0.1, 0.15) is 23.9 Å². The Kier molecular flexibility index (Phi) is 8.56. The number of benzene rings is 2. The van der Waals surface area contributed by atoms with Crippen LogP contribution in [0.2, 0.25) is 5.02 Å². The number of nitrogens with one attached hydrogen (secondary N) is 1. The van der Waals surface area contributed by atoms with E-state index in [-0.39, 0.29) is 49.0 Å². The second-order valence-electron chi connectivity index (χ2n) is 8.53. The molecule has 0 aliphatic carbocycles. The summed E-state index contributed by atoms with van der Waals surface area (Å²) in [5.41, 5.74) is 1.03. The normalized spacial score (nSPS) is 15.0. The van der Waals surface area contributed by atoms with Crippen LogP contribution in [0.1, 0.15) is 24.2 Å². The first-order valence-corrected chi connectivity index (χ1v) is 11.9. The molecule has 190 valence electrons. The number of anilines is 1. The lowest BCUT2D eigenvalue weighted by Crippen LogP contribution is -2.46. The van der Waals surface area contributed by atoms with Crippen LogP contribution < -0.4 is 5.32 Å². The van der Waals surface area contributed by atoms with Crippen molar-refractivity contribution in [3.63, 3.8) is 0 Å². The molecule has 1 N–H and O–H groups in total. The van der Waals surface area contributed by atoms with Crippen LogP contribution in [0, 0.1) is 11.6 Å². The number of halogens is 3. The molecule has 1 saturated heterocycles. The average molecular weight is 518 g/mol. The molecule has 0 bridgehead atoms. The molecule has 4 rings (SSSR count). The van der Waals surface area contributed by atoms with Gasteiger partial charge in [-0.15, -0.1) is 0 Å². The van der Waals surface area contributed by atoms with Gasteiger partial charge in [0.2, 0.25) is 5.91 Å². The van der Waals surface area contributed by atoms with Crippen molar-refractivity contribution >= 4 is 29.2 Å². The number of furan rings is 1. The first kappa shape index (κ1) is 25.7. The van der Waals surface area contributed by atoms with Gasteiger partial charge in [-0.05, 0) is 60.9 Å². The maximum Gasteiger partial charge on any atom is 0.322 e. The van der Waals surface area contributed by atoms with E-state index < -0.39 is 11.8 Å². The summed E-state index contributed by atoms with van der Waals surface area (Å²) in [7, 11) is 0. The van der Waals surface area contributed by atoms with Crippen LogP contribution in [0.25, 0.3) is 0 Å². The van der Waals surface area contributed by atoms with Crippen LogP contribution in [-0.2, 0) is 22.6 Å². The van der Waals surface area contributed by atoms with E-state index in [0.717, 1.165) is 24.5 Å². The Labute approximate surface area is 212 Å². The minimum atomic E-state index is -0.601. The zero-order chi connectivity index (χ0) is 25.5. The summed E-state index contributed by atoms with van der Waals surface area (Å²) in [6, 6.07) is 12.6. The fourth-order valence-corrected chi connectivity index (χ4v) is 4.11. The minimum absolute atomic E-state index is 0.126. The zero-order valence-corrected chi connectivity index (χ0v) is 20.2. The Morgan fingerprint density at radius 2 is 1.86 bits per heavy atom. The maximum atomic E-state index is 13.5. The lowest BCUT2D eigenvalue weighted by molar-refractivity contribution is -0.133. The van der Waals surface area contributed by atoms with Crippen LogP contribution in [0.5, 0.6) is 0 Å². The molecule has 1 aromatic heterocycles. The summed E-state index contributed by atoms with van der Waals surface area (Å²) in [6.07, 6.45) is 2.96. The van der Waals surface area contributed by atoms with Crippen molar-refractivity contribution in [1.82, 2.24) is 9.80 Å². The third-order valence-electron chi connectivity index (χ3n) is 5.80. The Bertz CT molecular complexity index is 1170. The van der Waals surface area contributed by atoms with Gasteiger partial charge in [0.15, 0.2) is 0 Å². The molecule has 2 heterocycles. The summed E-state index contributed by atoms with van der Waals surface area (Å²) in [5, 5.41) is 2.55. The highest BCUT2D eigenvalue weighted by Gasteiger charge is 2.27. The van der Waals surface area contributed by atoms with Gasteiger partial charge in [-0.3, -0.25) is 4.79 Å². The number of urea groups is 1. The number of hydrogen-bond acceptors (Lipinski definition) is 4. The van der Waals surface area contributed by atoms with Gasteiger partial charge in [-0.25, -0.2) is 13.6 Å². The molecule has 2 aromatic carbocycles. The molecule has 3 aromatic rings. The number of rotatable bonds is 9. The Hall–Kier alpha value is -3.43. The highest BCUT2D eigenvalue weighted by atomic mass is 35.5. The molecule has 1 unspecified atom stereocenters. The van der Waals surface area contributed by atoms with Gasteiger partial charge in [0, 0.05) is 25.4 Å². The molecule has 10 heteroatoms. The number of ether oxygens (including phenoxy) is 1. The predicted molar refractivity (Wildman–Crippen MR) is 130 cm³/mol. The van der Waals surface area contributed by atoms with Crippen molar-refractivity contribution in [2.45, 2.75) is 32.0 Å². The van der Waals surface area contributed by atoms with E-state index in [4.69, 9.17) is 20.8 Å². The number of hydrogen-bond donors (Lipinski definition) is 1. The van der Waals surface area contributed by atoms with E-state index in [0.29, 0.717) is 18.1 Å². The molecule has 1 fully saturated rings. The van der Waals surface area contributed by atoms with Gasteiger partial charge in [0.05, 0.1) is 23.9 Å². The monoisotopic (exact) mass is 517 g/mol. The molecule has 1 aliphatic heterocycles. The van der Waals surface area contributed by atoms with Crippen molar-refractivity contribution in [2.75, 3.05) is 25.0 Å². The third-order valence-corrected chi connectivity index (χ3v) is 6.09. The average Bonchev–Trinajstić information content (AvgIpc) is 3.56. The van der Waals surface area contributed by atoms with Gasteiger partial charge < -0.3 is 24.3 Å². The van der Waals surface area contributed by atoms with Gasteiger partial charge in [0.25, 0.3) is 0 Å². The highest BCUT2D eigenvalue weighted by molar-refractivity contribution is 6.31. The fraction of sp³-hybridized carbons (Fsp3) is 0.308. The molecule has 7 nitrogen and oxygen atoms in total. The Balaban J connectivity index is 1.51. The molecule has 1 aliphatic rings. The number of nitrogens with zero attached hydrogens (tertiary/aromatic N) is 2. The largest absolute Gasteiger partial charge is 0.467 e. The van der Waals surface area contributed by atoms with E-state index in [1.807, 2.05) is 0 Å². The molecule has 0 radical (unpaired) electrons. The van der Waals surface area contributed by atoms with Gasteiger partial charge in [-0.2, -0.15) is 0 Å². The number of amides is 3. The molecular formula is C26H26ClF2N3O4. The quantitative estimate of drug-likeness (QED) is 0.409. The smallest absolute Gasteiger partial charge is 0.322 e. The summed E-state index contributed by atoms with van der Waals surface area (Å²) in [4.78, 5) is 29.5. The molecule has 0 saturated carbocycles. The highest BCUT2D eigenvalue weighted by Crippen LogP contribution is 2.21. The summed E-state index contributed by atoms with van der Waals surface area (Å²) in [5.74, 6) is -0.735. The van der Waals surface area contributed by atoms with Crippen molar-refractivity contribution in [1.29, 1.82) is 0 Å². The Morgan fingerprint density at radius 1 is 1.06 bits per heavy atom. The van der Waals surface area contributed by atoms with Crippen LogP contribution in [-0.4, -0.2) is 47.5 Å². The molecule has 0 spiro atoms. The number of carbonyl (C=O) groups excluding carboxylic acids is 2. The van der Waals surface area contributed by atoms with Gasteiger partial charge in [-0.1, -0.05) is 23.7 Å². The van der Waals surface area contributed by atoms with Crippen molar-refractivity contribution < 1.29 is 27.5 Å².